The van der Waals surface area contributed by atoms with Gasteiger partial charge in [-0.1, -0.05) is 24.3 Å². The van der Waals surface area contributed by atoms with E-state index in [9.17, 15) is 14.0 Å². The maximum atomic E-state index is 13.1. The third-order valence-corrected chi connectivity index (χ3v) is 4.64. The molecule has 1 aliphatic rings. The fraction of sp³-hybridized carbons (Fsp3) is 0.333. The Morgan fingerprint density at radius 3 is 2.65 bits per heavy atom. The van der Waals surface area contributed by atoms with Crippen molar-refractivity contribution >= 4 is 11.9 Å². The van der Waals surface area contributed by atoms with Gasteiger partial charge in [0.2, 0.25) is 0 Å². The maximum absolute atomic E-state index is 13.1. The van der Waals surface area contributed by atoms with Crippen molar-refractivity contribution in [3.05, 3.63) is 70.5 Å². The number of carbonyl (C=O) groups excluding carboxylic acids is 2. The smallest absolute Gasteiger partial charge is 0.338 e. The Balaban J connectivity index is 1.53. The van der Waals surface area contributed by atoms with E-state index in [1.807, 2.05) is 13.0 Å². The lowest BCUT2D eigenvalue weighted by Gasteiger charge is -2.20. The summed E-state index contributed by atoms with van der Waals surface area (Å²) < 4.78 is 18.1. The van der Waals surface area contributed by atoms with E-state index in [1.54, 1.807) is 0 Å². The van der Waals surface area contributed by atoms with Crippen molar-refractivity contribution < 1.29 is 18.7 Å². The molecular weight excluding hydrogens is 333 g/mol. The minimum absolute atomic E-state index is 0.0838. The highest BCUT2D eigenvalue weighted by atomic mass is 19.1. The molecule has 1 N–H and O–H groups in total. The molecule has 0 radical (unpaired) electrons. The highest BCUT2D eigenvalue weighted by Gasteiger charge is 2.16. The number of halogens is 1. The van der Waals surface area contributed by atoms with Gasteiger partial charge in [-0.25, -0.2) is 9.18 Å². The van der Waals surface area contributed by atoms with E-state index >= 15 is 0 Å². The topological polar surface area (TPSA) is 55.4 Å². The van der Waals surface area contributed by atoms with E-state index in [0.29, 0.717) is 0 Å². The van der Waals surface area contributed by atoms with Crippen molar-refractivity contribution in [3.63, 3.8) is 0 Å². The second-order valence-corrected chi connectivity index (χ2v) is 6.61. The number of amides is 1. The van der Waals surface area contributed by atoms with E-state index in [0.717, 1.165) is 24.5 Å². The number of fused-ring (bicyclic) bond motifs is 1. The first-order valence-electron chi connectivity index (χ1n) is 8.86. The van der Waals surface area contributed by atoms with Gasteiger partial charge in [0.25, 0.3) is 5.91 Å². The summed E-state index contributed by atoms with van der Waals surface area (Å²) in [6, 6.07) is 11.3. The Hall–Kier alpha value is -2.69. The molecule has 5 heteroatoms. The van der Waals surface area contributed by atoms with Gasteiger partial charge in [0.1, 0.15) is 5.82 Å². The molecule has 4 nitrogen and oxygen atoms in total. The van der Waals surface area contributed by atoms with Crippen molar-refractivity contribution in [1.82, 2.24) is 5.32 Å². The van der Waals surface area contributed by atoms with Gasteiger partial charge < -0.3 is 10.1 Å². The summed E-state index contributed by atoms with van der Waals surface area (Å²) in [5.74, 6) is -1.63. The van der Waals surface area contributed by atoms with Crippen molar-refractivity contribution in [2.45, 2.75) is 38.6 Å². The standard InChI is InChI=1S/C21H22FNO3/c1-14(16-10-9-15-5-2-3-6-17(15)11-16)23-20(24)13-26-21(25)18-7-4-8-19(22)12-18/h4,7-12,14H,2-3,5-6,13H2,1H3,(H,23,24)/t14-/m1/s1. The first-order valence-corrected chi connectivity index (χ1v) is 8.86. The molecule has 0 spiro atoms. The van der Waals surface area contributed by atoms with E-state index in [1.165, 1.54) is 42.2 Å². The predicted octanol–water partition coefficient (Wildman–Crippen LogP) is 3.74. The second kappa shape index (κ2) is 8.13. The Morgan fingerprint density at radius 2 is 1.88 bits per heavy atom. The van der Waals surface area contributed by atoms with Gasteiger partial charge in [0, 0.05) is 0 Å². The molecular formula is C21H22FNO3. The predicted molar refractivity (Wildman–Crippen MR) is 96.3 cm³/mol. The molecule has 0 fully saturated rings. The zero-order valence-electron chi connectivity index (χ0n) is 14.8. The molecule has 0 saturated carbocycles. The fourth-order valence-electron chi connectivity index (χ4n) is 3.22. The van der Waals surface area contributed by atoms with Crippen LogP contribution in [0.4, 0.5) is 4.39 Å². The van der Waals surface area contributed by atoms with Gasteiger partial charge in [-0.3, -0.25) is 4.79 Å². The highest BCUT2D eigenvalue weighted by molar-refractivity contribution is 5.91. The van der Waals surface area contributed by atoms with Crippen molar-refractivity contribution in [3.8, 4) is 0 Å². The highest BCUT2D eigenvalue weighted by Crippen LogP contribution is 2.24. The molecule has 1 aliphatic carbocycles. The van der Waals surface area contributed by atoms with E-state index < -0.39 is 18.4 Å². The zero-order chi connectivity index (χ0) is 18.5. The van der Waals surface area contributed by atoms with Crippen LogP contribution in [0.1, 0.15) is 52.9 Å². The first-order chi connectivity index (χ1) is 12.5. The monoisotopic (exact) mass is 355 g/mol. The molecule has 3 rings (SSSR count). The molecule has 26 heavy (non-hydrogen) atoms. The van der Waals surface area contributed by atoms with Crippen LogP contribution in [-0.2, 0) is 22.4 Å². The zero-order valence-corrected chi connectivity index (χ0v) is 14.8. The average molecular weight is 355 g/mol. The van der Waals surface area contributed by atoms with Gasteiger partial charge in [0.15, 0.2) is 6.61 Å². The molecule has 1 atom stereocenters. The minimum atomic E-state index is -0.721. The third-order valence-electron chi connectivity index (χ3n) is 4.64. The number of hydrogen-bond acceptors (Lipinski definition) is 3. The molecule has 136 valence electrons. The lowest BCUT2D eigenvalue weighted by molar-refractivity contribution is -0.124. The summed E-state index contributed by atoms with van der Waals surface area (Å²) in [6.45, 7) is 1.50. The SMILES string of the molecule is C[C@@H](NC(=O)COC(=O)c1cccc(F)c1)c1ccc2c(c1)CCCC2. The Kier molecular flexibility index (Phi) is 5.66. The number of ether oxygens (including phenoxy) is 1. The van der Waals surface area contributed by atoms with Crippen molar-refractivity contribution in [1.29, 1.82) is 0 Å². The largest absolute Gasteiger partial charge is 0.452 e. The van der Waals surface area contributed by atoms with Crippen LogP contribution in [0.3, 0.4) is 0 Å². The lowest BCUT2D eigenvalue weighted by Crippen LogP contribution is -2.31. The normalized spacial score (nSPS) is 14.2. The number of carbonyl (C=O) groups is 2. The molecule has 0 aliphatic heterocycles. The summed E-state index contributed by atoms with van der Waals surface area (Å²) >= 11 is 0. The van der Waals surface area contributed by atoms with Crippen molar-refractivity contribution in [2.75, 3.05) is 6.61 Å². The molecule has 0 unspecified atom stereocenters. The summed E-state index contributed by atoms with van der Waals surface area (Å²) in [6.07, 6.45) is 4.63. The van der Waals surface area contributed by atoms with E-state index in [4.69, 9.17) is 4.74 Å². The average Bonchev–Trinajstić information content (AvgIpc) is 2.65. The fourth-order valence-corrected chi connectivity index (χ4v) is 3.22. The first kappa shape index (κ1) is 18.1. The molecule has 0 bridgehead atoms. The molecule has 1 amide bonds. The van der Waals surface area contributed by atoms with Crippen LogP contribution < -0.4 is 5.32 Å². The minimum Gasteiger partial charge on any atom is -0.452 e. The van der Waals surface area contributed by atoms with E-state index in [2.05, 4.69) is 17.4 Å². The molecule has 0 heterocycles. The molecule has 2 aromatic rings. The number of benzene rings is 2. The van der Waals surface area contributed by atoms with Gasteiger partial charge in [-0.15, -0.1) is 0 Å². The number of rotatable bonds is 5. The number of aryl methyl sites for hydroxylation is 2. The lowest BCUT2D eigenvalue weighted by atomic mass is 9.89. The van der Waals surface area contributed by atoms with Gasteiger partial charge in [-0.05, 0) is 67.5 Å². The van der Waals surface area contributed by atoms with Crippen LogP contribution in [-0.4, -0.2) is 18.5 Å². The molecule has 0 saturated heterocycles. The summed E-state index contributed by atoms with van der Waals surface area (Å²) in [5, 5.41) is 2.83. The Morgan fingerprint density at radius 1 is 1.12 bits per heavy atom. The Bertz CT molecular complexity index is 819. The number of nitrogens with one attached hydrogen (secondary N) is 1. The van der Waals surface area contributed by atoms with Gasteiger partial charge in [0.05, 0.1) is 11.6 Å². The van der Waals surface area contributed by atoms with Crippen LogP contribution in [0.5, 0.6) is 0 Å². The van der Waals surface area contributed by atoms with Crippen LogP contribution in [0.25, 0.3) is 0 Å². The van der Waals surface area contributed by atoms with Crippen LogP contribution >= 0.6 is 0 Å². The third kappa shape index (κ3) is 4.48. The van der Waals surface area contributed by atoms with Gasteiger partial charge in [-0.2, -0.15) is 0 Å². The van der Waals surface area contributed by atoms with Gasteiger partial charge >= 0.3 is 5.97 Å². The van der Waals surface area contributed by atoms with E-state index in [-0.39, 0.29) is 17.5 Å². The summed E-state index contributed by atoms with van der Waals surface area (Å²) in [7, 11) is 0. The maximum Gasteiger partial charge on any atom is 0.338 e. The molecule has 0 aromatic heterocycles. The number of esters is 1. The Labute approximate surface area is 152 Å². The number of hydrogen-bond donors (Lipinski definition) is 1. The van der Waals surface area contributed by atoms with Crippen LogP contribution in [0.2, 0.25) is 0 Å². The van der Waals surface area contributed by atoms with Crippen molar-refractivity contribution in [2.24, 2.45) is 0 Å². The van der Waals surface area contributed by atoms with Crippen LogP contribution in [0.15, 0.2) is 42.5 Å². The molecule has 2 aromatic carbocycles. The summed E-state index contributed by atoms with van der Waals surface area (Å²) in [4.78, 5) is 23.9. The summed E-state index contributed by atoms with van der Waals surface area (Å²) in [5.41, 5.74) is 3.87. The quantitative estimate of drug-likeness (QED) is 0.832. The van der Waals surface area contributed by atoms with Crippen LogP contribution in [0, 0.1) is 5.82 Å². The second-order valence-electron chi connectivity index (χ2n) is 6.61.